The van der Waals surface area contributed by atoms with Gasteiger partial charge in [-0.05, 0) is 60.0 Å². The molecule has 10 aromatic rings. The van der Waals surface area contributed by atoms with Gasteiger partial charge >= 0.3 is 0 Å². The fraction of sp³-hybridized carbons (Fsp3) is 0.0800. The molecule has 3 heterocycles. The van der Waals surface area contributed by atoms with Crippen molar-refractivity contribution in [2.45, 2.75) is 26.0 Å². The number of halogens is 1. The minimum atomic E-state index is -2.03. The molecule has 7 aromatic carbocycles. The summed E-state index contributed by atoms with van der Waals surface area (Å²) in [7, 11) is -1.23. The quantitative estimate of drug-likeness (QED) is 0.0976. The molecule has 0 amide bonds. The number of fused-ring (bicyclic) bond motifs is 9. The SMILES string of the molecule is C[Si](C)(C)c1ccc(-c2[c-]cccc2)nc1.[2H]C([2H])(c1ccccc1)c1cc(-c2[c-]c3ccccc3c3c2sc2c4ccc5ccccc5c4ccc23)ncc1F.[Ir]. The molecular formula is C50H37FIrN2SSi-2. The van der Waals surface area contributed by atoms with E-state index in [1.165, 1.54) is 31.4 Å². The van der Waals surface area contributed by atoms with Crippen LogP contribution in [0.1, 0.15) is 13.9 Å². The van der Waals surface area contributed by atoms with Crippen LogP contribution in [-0.2, 0) is 26.5 Å². The van der Waals surface area contributed by atoms with Gasteiger partial charge in [0.2, 0.25) is 0 Å². The van der Waals surface area contributed by atoms with E-state index in [0.29, 0.717) is 11.3 Å². The largest absolute Gasteiger partial charge is 0.305 e. The molecule has 6 heteroatoms. The normalized spacial score (nSPS) is 12.3. The molecule has 0 N–H and O–H groups in total. The number of benzene rings is 7. The molecule has 0 aliphatic heterocycles. The minimum Gasteiger partial charge on any atom is -0.305 e. The molecule has 10 rings (SSSR count). The van der Waals surface area contributed by atoms with Crippen LogP contribution in [0.15, 0.2) is 158 Å². The number of hydrogen-bond acceptors (Lipinski definition) is 3. The van der Waals surface area contributed by atoms with Gasteiger partial charge < -0.3 is 4.98 Å². The predicted octanol–water partition coefficient (Wildman–Crippen LogP) is 13.2. The van der Waals surface area contributed by atoms with E-state index in [0.717, 1.165) is 49.3 Å². The van der Waals surface area contributed by atoms with Crippen LogP contribution < -0.4 is 5.19 Å². The summed E-state index contributed by atoms with van der Waals surface area (Å²) in [6, 6.07) is 54.7. The van der Waals surface area contributed by atoms with Crippen molar-refractivity contribution in [3.63, 3.8) is 0 Å². The van der Waals surface area contributed by atoms with E-state index in [1.54, 1.807) is 41.7 Å². The van der Waals surface area contributed by atoms with Gasteiger partial charge in [0, 0.05) is 39.4 Å². The first kappa shape index (κ1) is 35.1. The Hall–Kier alpha value is -5.36. The molecule has 1 radical (unpaired) electrons. The second-order valence-corrected chi connectivity index (χ2v) is 20.8. The number of nitrogens with zero attached hydrogens (tertiary/aromatic N) is 2. The van der Waals surface area contributed by atoms with Gasteiger partial charge in [-0.3, -0.25) is 4.98 Å². The van der Waals surface area contributed by atoms with Crippen LogP contribution in [0.25, 0.3) is 75.0 Å². The Morgan fingerprint density at radius 3 is 2.14 bits per heavy atom. The molecule has 0 unspecified atom stereocenters. The number of pyridine rings is 2. The molecule has 3 aromatic heterocycles. The van der Waals surface area contributed by atoms with Crippen molar-refractivity contribution in [3.8, 4) is 22.5 Å². The fourth-order valence-corrected chi connectivity index (χ4v) is 9.55. The summed E-state index contributed by atoms with van der Waals surface area (Å²) in [4.78, 5) is 9.00. The first-order valence-electron chi connectivity index (χ1n) is 19.3. The summed E-state index contributed by atoms with van der Waals surface area (Å²) in [6.45, 7) is 7.00. The van der Waals surface area contributed by atoms with Gasteiger partial charge in [-0.1, -0.05) is 151 Å². The zero-order chi connectivity index (χ0) is 39.3. The third-order valence-corrected chi connectivity index (χ3v) is 13.3. The minimum absolute atomic E-state index is 0. The summed E-state index contributed by atoms with van der Waals surface area (Å²) in [5, 5.41) is 10.5. The number of aromatic nitrogens is 2. The van der Waals surface area contributed by atoms with Crippen LogP contribution in [0, 0.1) is 17.9 Å². The van der Waals surface area contributed by atoms with Gasteiger partial charge in [0.15, 0.2) is 0 Å². The smallest absolute Gasteiger partial charge is 0.143 e. The van der Waals surface area contributed by atoms with Crippen molar-refractivity contribution >= 4 is 77.1 Å². The molecule has 0 saturated carbocycles. The first-order chi connectivity index (χ1) is 27.6. The average molecular weight is 939 g/mol. The van der Waals surface area contributed by atoms with Crippen molar-refractivity contribution in [1.29, 1.82) is 0 Å². The number of hydrogen-bond donors (Lipinski definition) is 0. The first-order valence-corrected chi connectivity index (χ1v) is 22.7. The molecule has 275 valence electrons. The Kier molecular flexibility index (Phi) is 9.80. The van der Waals surface area contributed by atoms with Crippen LogP contribution in [0.5, 0.6) is 0 Å². The summed E-state index contributed by atoms with van der Waals surface area (Å²) in [5.41, 5.74) is 3.66. The van der Waals surface area contributed by atoms with Crippen LogP contribution in [0.3, 0.4) is 0 Å². The molecular weight excluding hydrogens is 900 g/mol. The monoisotopic (exact) mass is 939 g/mol. The number of rotatable bonds is 5. The van der Waals surface area contributed by atoms with E-state index in [2.05, 4.69) is 108 Å². The molecule has 0 bridgehead atoms. The van der Waals surface area contributed by atoms with Crippen LogP contribution in [0.2, 0.25) is 19.6 Å². The summed E-state index contributed by atoms with van der Waals surface area (Å²) < 4.78 is 35.0. The second-order valence-electron chi connectivity index (χ2n) is 14.7. The van der Waals surface area contributed by atoms with Crippen LogP contribution in [0.4, 0.5) is 4.39 Å². The van der Waals surface area contributed by atoms with E-state index in [1.807, 2.05) is 54.7 Å². The van der Waals surface area contributed by atoms with Crippen molar-refractivity contribution < 1.29 is 27.2 Å². The molecule has 56 heavy (non-hydrogen) atoms. The maximum absolute atomic E-state index is 15.2. The maximum atomic E-state index is 15.2. The van der Waals surface area contributed by atoms with Gasteiger partial charge in [0.25, 0.3) is 0 Å². The summed E-state index contributed by atoms with van der Waals surface area (Å²) >= 11 is 1.69. The Balaban J connectivity index is 0.000000233. The van der Waals surface area contributed by atoms with E-state index in [-0.39, 0.29) is 25.7 Å². The molecule has 0 aliphatic carbocycles. The van der Waals surface area contributed by atoms with Gasteiger partial charge in [0.05, 0.1) is 14.3 Å². The van der Waals surface area contributed by atoms with Crippen molar-refractivity contribution in [3.05, 3.63) is 187 Å². The number of thiophene rings is 1. The molecule has 0 fully saturated rings. The maximum Gasteiger partial charge on any atom is 0.143 e. The Morgan fingerprint density at radius 1 is 0.661 bits per heavy atom. The summed E-state index contributed by atoms with van der Waals surface area (Å²) in [5.74, 6) is -0.672. The Labute approximate surface area is 347 Å². The van der Waals surface area contributed by atoms with Gasteiger partial charge in [0.1, 0.15) is 5.82 Å². The van der Waals surface area contributed by atoms with E-state index in [9.17, 15) is 0 Å². The van der Waals surface area contributed by atoms with Gasteiger partial charge in [-0.25, -0.2) is 4.39 Å². The third kappa shape index (κ3) is 7.22. The van der Waals surface area contributed by atoms with Crippen LogP contribution in [-0.4, -0.2) is 18.0 Å². The zero-order valence-electron chi connectivity index (χ0n) is 33.0. The second kappa shape index (κ2) is 15.6. The zero-order valence-corrected chi connectivity index (χ0v) is 35.2. The van der Waals surface area contributed by atoms with E-state index in [4.69, 9.17) is 2.74 Å². The fourth-order valence-electron chi connectivity index (χ4n) is 7.17. The van der Waals surface area contributed by atoms with E-state index < -0.39 is 20.3 Å². The molecule has 0 spiro atoms. The Bertz CT molecular complexity index is 3090. The van der Waals surface area contributed by atoms with Crippen LogP contribution >= 0.6 is 11.3 Å². The van der Waals surface area contributed by atoms with Gasteiger partial charge in [-0.15, -0.1) is 53.4 Å². The van der Waals surface area contributed by atoms with Gasteiger partial charge in [-0.2, -0.15) is 11.3 Å². The molecule has 2 nitrogen and oxygen atoms in total. The van der Waals surface area contributed by atoms with Crippen molar-refractivity contribution in [2.24, 2.45) is 0 Å². The van der Waals surface area contributed by atoms with Crippen molar-refractivity contribution in [2.75, 3.05) is 0 Å². The Morgan fingerprint density at radius 2 is 1.38 bits per heavy atom. The molecule has 0 aliphatic rings. The topological polar surface area (TPSA) is 25.8 Å². The van der Waals surface area contributed by atoms with E-state index >= 15 is 4.39 Å². The third-order valence-electron chi connectivity index (χ3n) is 10.0. The molecule has 0 saturated heterocycles. The van der Waals surface area contributed by atoms with Crippen molar-refractivity contribution in [1.82, 2.24) is 9.97 Å². The standard InChI is InChI=1S/C36H21FNS.C14H16NSi.Ir/c37-32-21-38-33(20-25(32)18-22-8-2-1-3-9-22)31-19-24-11-5-7-13-27(24)34-30-17-16-28-26-12-6-4-10-23(26)14-15-29(28)35(30)39-36(31)34;1-16(2,3)13-9-10-14(15-11-13)12-7-5-4-6-8-12;/h1-17,20-21H,18H2;4-7,9-11H,1-3H3;/q2*-1;/i18D2;;. The predicted molar refractivity (Wildman–Crippen MR) is 235 cm³/mol. The average Bonchev–Trinajstić information content (AvgIpc) is 3.65. The summed E-state index contributed by atoms with van der Waals surface area (Å²) in [6.07, 6.45) is 1.12. The molecule has 0 atom stereocenters.